The van der Waals surface area contributed by atoms with Crippen molar-refractivity contribution in [3.05, 3.63) is 88.5 Å². The van der Waals surface area contributed by atoms with Crippen molar-refractivity contribution in [2.45, 2.75) is 71.0 Å². The van der Waals surface area contributed by atoms with Crippen molar-refractivity contribution in [2.75, 3.05) is 6.61 Å². The first kappa shape index (κ1) is 21.9. The van der Waals surface area contributed by atoms with Crippen molar-refractivity contribution in [1.82, 2.24) is 0 Å². The van der Waals surface area contributed by atoms with E-state index in [2.05, 4.69) is 75.4 Å². The first-order valence-corrected chi connectivity index (χ1v) is 12.3. The van der Waals surface area contributed by atoms with Gasteiger partial charge in [-0.15, -0.1) is 0 Å². The molecule has 0 aromatic heterocycles. The van der Waals surface area contributed by atoms with Crippen LogP contribution in [0, 0.1) is 0 Å². The summed E-state index contributed by atoms with van der Waals surface area (Å²) >= 11 is 0. The second-order valence-corrected chi connectivity index (χ2v) is 10.0. The van der Waals surface area contributed by atoms with E-state index < -0.39 is 0 Å². The summed E-state index contributed by atoms with van der Waals surface area (Å²) in [4.78, 5) is 0. The van der Waals surface area contributed by atoms with Crippen molar-refractivity contribution in [2.24, 2.45) is 0 Å². The third-order valence-corrected chi connectivity index (χ3v) is 6.85. The van der Waals surface area contributed by atoms with Crippen LogP contribution in [0.15, 0.2) is 60.7 Å². The van der Waals surface area contributed by atoms with Gasteiger partial charge in [-0.05, 0) is 68.4 Å². The smallest absolute Gasteiger partial charge is 0.129 e. The number of rotatable bonds is 6. The molecule has 0 aliphatic carbocycles. The molecule has 0 saturated heterocycles. The molecule has 0 bridgehead atoms. The van der Waals surface area contributed by atoms with Gasteiger partial charge < -0.3 is 14.2 Å². The van der Waals surface area contributed by atoms with Gasteiger partial charge in [0, 0.05) is 17.0 Å². The van der Waals surface area contributed by atoms with Crippen molar-refractivity contribution >= 4 is 0 Å². The van der Waals surface area contributed by atoms with Crippen molar-refractivity contribution in [3.63, 3.8) is 0 Å². The average Bonchev–Trinajstić information content (AvgIpc) is 2.82. The molecule has 0 radical (unpaired) electrons. The fourth-order valence-corrected chi connectivity index (χ4v) is 5.03. The zero-order valence-corrected chi connectivity index (χ0v) is 20.0. The van der Waals surface area contributed by atoms with Crippen LogP contribution in [0.25, 0.3) is 0 Å². The van der Waals surface area contributed by atoms with Crippen molar-refractivity contribution in [3.8, 4) is 17.2 Å². The molecule has 5 rings (SSSR count). The molecule has 0 spiro atoms. The van der Waals surface area contributed by atoms with Crippen LogP contribution in [-0.4, -0.2) is 12.2 Å². The maximum atomic E-state index is 6.42. The van der Waals surface area contributed by atoms with Crippen LogP contribution in [0.2, 0.25) is 0 Å². The summed E-state index contributed by atoms with van der Waals surface area (Å²) in [5.41, 5.74) is 6.17. The Bertz CT molecular complexity index is 1120. The first-order chi connectivity index (χ1) is 16.0. The molecule has 0 unspecified atom stereocenters. The standard InChI is InChI=1S/C30H34O3/c1-4-8-21-11-13-25(28(17-21)31-19-22-9-6-5-7-10-22)24-18-23-12-14-27-26(29(23)32-20-24)15-16-30(2,3)33-27/h5-7,9-14,17,24H,4,8,15-16,18-20H2,1-3H3/t24-/m1/s1. The summed E-state index contributed by atoms with van der Waals surface area (Å²) in [6, 6.07) is 21.5. The van der Waals surface area contributed by atoms with Crippen LogP contribution in [0.4, 0.5) is 0 Å². The Morgan fingerprint density at radius 2 is 1.85 bits per heavy atom. The quantitative estimate of drug-likeness (QED) is 0.410. The summed E-state index contributed by atoms with van der Waals surface area (Å²) < 4.78 is 19.0. The first-order valence-electron chi connectivity index (χ1n) is 12.3. The van der Waals surface area contributed by atoms with Gasteiger partial charge in [-0.3, -0.25) is 0 Å². The van der Waals surface area contributed by atoms with Gasteiger partial charge >= 0.3 is 0 Å². The molecule has 0 fully saturated rings. The Hall–Kier alpha value is -2.94. The summed E-state index contributed by atoms with van der Waals surface area (Å²) in [6.45, 7) is 7.78. The van der Waals surface area contributed by atoms with Crippen molar-refractivity contribution < 1.29 is 14.2 Å². The molecule has 172 valence electrons. The molecule has 3 aromatic carbocycles. The molecule has 2 heterocycles. The van der Waals surface area contributed by atoms with Crippen LogP contribution in [0.3, 0.4) is 0 Å². The highest BCUT2D eigenvalue weighted by Crippen LogP contribution is 2.45. The Labute approximate surface area is 197 Å². The van der Waals surface area contributed by atoms with Gasteiger partial charge in [0.25, 0.3) is 0 Å². The third-order valence-electron chi connectivity index (χ3n) is 6.85. The minimum Gasteiger partial charge on any atom is -0.492 e. The van der Waals surface area contributed by atoms with E-state index in [1.165, 1.54) is 27.8 Å². The number of benzene rings is 3. The second kappa shape index (κ2) is 9.13. The topological polar surface area (TPSA) is 27.7 Å². The zero-order chi connectivity index (χ0) is 22.8. The number of ether oxygens (including phenoxy) is 3. The van der Waals surface area contributed by atoms with Crippen LogP contribution in [0.1, 0.15) is 67.3 Å². The fourth-order valence-electron chi connectivity index (χ4n) is 5.03. The second-order valence-electron chi connectivity index (χ2n) is 10.0. The lowest BCUT2D eigenvalue weighted by atomic mass is 9.86. The van der Waals surface area contributed by atoms with Gasteiger partial charge in [0.1, 0.15) is 29.5 Å². The largest absolute Gasteiger partial charge is 0.492 e. The highest BCUT2D eigenvalue weighted by molar-refractivity contribution is 5.54. The van der Waals surface area contributed by atoms with E-state index in [9.17, 15) is 0 Å². The molecule has 3 nitrogen and oxygen atoms in total. The Balaban J connectivity index is 1.40. The van der Waals surface area contributed by atoms with E-state index >= 15 is 0 Å². The van der Waals surface area contributed by atoms with Gasteiger partial charge in [0.15, 0.2) is 0 Å². The molecule has 0 amide bonds. The molecular weight excluding hydrogens is 408 g/mol. The maximum Gasteiger partial charge on any atom is 0.129 e. The van der Waals surface area contributed by atoms with E-state index in [4.69, 9.17) is 14.2 Å². The van der Waals surface area contributed by atoms with E-state index in [0.717, 1.165) is 49.4 Å². The molecule has 33 heavy (non-hydrogen) atoms. The Morgan fingerprint density at radius 1 is 1.00 bits per heavy atom. The average molecular weight is 443 g/mol. The lowest BCUT2D eigenvalue weighted by molar-refractivity contribution is 0.0826. The number of hydrogen-bond acceptors (Lipinski definition) is 3. The fraction of sp³-hybridized carbons (Fsp3) is 0.400. The number of aryl methyl sites for hydroxylation is 1. The molecule has 3 heteroatoms. The normalized spacial score (nSPS) is 18.5. The van der Waals surface area contributed by atoms with Crippen LogP contribution in [0.5, 0.6) is 17.2 Å². The van der Waals surface area contributed by atoms with E-state index in [1.54, 1.807) is 0 Å². The highest BCUT2D eigenvalue weighted by Gasteiger charge is 2.32. The molecule has 2 aliphatic rings. The van der Waals surface area contributed by atoms with Gasteiger partial charge in [0.05, 0.1) is 6.61 Å². The predicted molar refractivity (Wildman–Crippen MR) is 133 cm³/mol. The summed E-state index contributed by atoms with van der Waals surface area (Å²) in [7, 11) is 0. The third kappa shape index (κ3) is 4.73. The Kier molecular flexibility index (Phi) is 6.05. The zero-order valence-electron chi connectivity index (χ0n) is 20.0. The van der Waals surface area contributed by atoms with E-state index in [-0.39, 0.29) is 11.5 Å². The SMILES string of the molecule is CCCc1ccc([C@H]2COc3c(ccc4c3CCC(C)(C)O4)C2)c(OCc2ccccc2)c1. The van der Waals surface area contributed by atoms with Gasteiger partial charge in [-0.1, -0.05) is 61.9 Å². The summed E-state index contributed by atoms with van der Waals surface area (Å²) in [5.74, 6) is 3.30. The van der Waals surface area contributed by atoms with Crippen LogP contribution in [-0.2, 0) is 25.9 Å². The molecule has 0 N–H and O–H groups in total. The predicted octanol–water partition coefficient (Wildman–Crippen LogP) is 7.04. The van der Waals surface area contributed by atoms with Crippen LogP contribution < -0.4 is 14.2 Å². The summed E-state index contributed by atoms with van der Waals surface area (Å²) in [5, 5.41) is 0. The minimum atomic E-state index is -0.107. The number of hydrogen-bond donors (Lipinski definition) is 0. The van der Waals surface area contributed by atoms with E-state index in [1.807, 2.05) is 6.07 Å². The highest BCUT2D eigenvalue weighted by atomic mass is 16.5. The minimum absolute atomic E-state index is 0.107. The van der Waals surface area contributed by atoms with E-state index in [0.29, 0.717) is 13.2 Å². The molecular formula is C30H34O3. The van der Waals surface area contributed by atoms with Crippen LogP contribution >= 0.6 is 0 Å². The molecule has 3 aromatic rings. The lowest BCUT2D eigenvalue weighted by Gasteiger charge is -2.36. The van der Waals surface area contributed by atoms with Gasteiger partial charge in [-0.25, -0.2) is 0 Å². The monoisotopic (exact) mass is 442 g/mol. The maximum absolute atomic E-state index is 6.42. The van der Waals surface area contributed by atoms with Gasteiger partial charge in [-0.2, -0.15) is 0 Å². The Morgan fingerprint density at radius 3 is 2.67 bits per heavy atom. The molecule has 1 atom stereocenters. The number of fused-ring (bicyclic) bond motifs is 3. The van der Waals surface area contributed by atoms with Gasteiger partial charge in [0.2, 0.25) is 0 Å². The summed E-state index contributed by atoms with van der Waals surface area (Å²) in [6.07, 6.45) is 5.17. The molecule has 0 saturated carbocycles. The van der Waals surface area contributed by atoms with Crippen molar-refractivity contribution in [1.29, 1.82) is 0 Å². The lowest BCUT2D eigenvalue weighted by Crippen LogP contribution is -2.33. The molecule has 2 aliphatic heterocycles.